The van der Waals surface area contributed by atoms with Gasteiger partial charge in [-0.05, 0) is 57.1 Å². The summed E-state index contributed by atoms with van der Waals surface area (Å²) in [6, 6.07) is 6.76. The van der Waals surface area contributed by atoms with Gasteiger partial charge in [-0.3, -0.25) is 14.5 Å². The molecule has 0 unspecified atom stereocenters. The van der Waals surface area contributed by atoms with Crippen LogP contribution in [0.3, 0.4) is 0 Å². The number of carbonyl (C=O) groups excluding carboxylic acids is 3. The molecule has 2 aromatic rings. The fourth-order valence-corrected chi connectivity index (χ4v) is 5.05. The zero-order valence-electron chi connectivity index (χ0n) is 20.6. The van der Waals surface area contributed by atoms with Crippen LogP contribution >= 0.6 is 0 Å². The summed E-state index contributed by atoms with van der Waals surface area (Å²) < 4.78 is 0. The number of amides is 4. The topological polar surface area (TPSA) is 116 Å². The van der Waals surface area contributed by atoms with E-state index in [0.717, 1.165) is 30.8 Å². The second-order valence-electron chi connectivity index (χ2n) is 10.7. The second kappa shape index (κ2) is 8.01. The highest BCUT2D eigenvalue weighted by molar-refractivity contribution is 6.23. The van der Waals surface area contributed by atoms with E-state index in [1.807, 2.05) is 6.07 Å². The van der Waals surface area contributed by atoms with Crippen LogP contribution in [-0.2, 0) is 21.5 Å². The van der Waals surface area contributed by atoms with Crippen LogP contribution in [0.25, 0.3) is 0 Å². The Balaban J connectivity index is 1.47. The smallest absolute Gasteiger partial charge is 0.332 e. The van der Waals surface area contributed by atoms with Crippen LogP contribution in [0.5, 0.6) is 0 Å². The van der Waals surface area contributed by atoms with E-state index in [-0.39, 0.29) is 29.7 Å². The lowest BCUT2D eigenvalue weighted by Gasteiger charge is -2.32. The summed E-state index contributed by atoms with van der Waals surface area (Å²) in [7, 11) is 0. The zero-order valence-corrected chi connectivity index (χ0v) is 20.6. The van der Waals surface area contributed by atoms with Gasteiger partial charge in [0.25, 0.3) is 5.91 Å². The lowest BCUT2D eigenvalue weighted by atomic mass is 9.87. The van der Waals surface area contributed by atoms with E-state index < -0.39 is 11.6 Å². The number of urea groups is 1. The highest BCUT2D eigenvalue weighted by atomic mass is 16.2. The fourth-order valence-electron chi connectivity index (χ4n) is 5.05. The number of fused-ring (bicyclic) bond motifs is 1. The number of hydrogen-bond acceptors (Lipinski definition) is 7. The normalized spacial score (nSPS) is 20.9. The molecule has 2 saturated heterocycles. The predicted molar refractivity (Wildman–Crippen MR) is 132 cm³/mol. The number of aromatic nitrogens is 2. The Kier molecular flexibility index (Phi) is 5.32. The highest BCUT2D eigenvalue weighted by Crippen LogP contribution is 2.44. The van der Waals surface area contributed by atoms with Gasteiger partial charge in [-0.25, -0.2) is 19.7 Å². The van der Waals surface area contributed by atoms with E-state index in [9.17, 15) is 14.4 Å². The second-order valence-corrected chi connectivity index (χ2v) is 10.7. The van der Waals surface area contributed by atoms with Crippen molar-refractivity contribution in [1.29, 1.82) is 0 Å². The standard InChI is InChI=1S/C25H31N7O3/c1-24(2)15-30(20(33)14-29-10-5-11-29)19-12-17(6-7-18(19)24)32-21(34)25(3,4)31(23(32)35)13-16-8-9-27-22(26)28-16/h6-9,12H,5,10-11,13-15H2,1-4H3,(H2,26,27,28). The van der Waals surface area contributed by atoms with Crippen LogP contribution in [0, 0.1) is 0 Å². The fraction of sp³-hybridized carbons (Fsp3) is 0.480. The first kappa shape index (κ1) is 23.2. The third-order valence-corrected chi connectivity index (χ3v) is 7.30. The van der Waals surface area contributed by atoms with Crippen molar-refractivity contribution in [2.75, 3.05) is 41.7 Å². The van der Waals surface area contributed by atoms with Crippen molar-refractivity contribution in [3.8, 4) is 0 Å². The molecule has 1 aromatic heterocycles. The molecular formula is C25H31N7O3. The summed E-state index contributed by atoms with van der Waals surface area (Å²) in [5.74, 6) is -0.185. The molecule has 184 valence electrons. The number of nitrogens with zero attached hydrogens (tertiary/aromatic N) is 6. The average Bonchev–Trinajstić information content (AvgIpc) is 3.13. The van der Waals surface area contributed by atoms with Crippen molar-refractivity contribution in [2.24, 2.45) is 0 Å². The van der Waals surface area contributed by atoms with Crippen LogP contribution in [-0.4, -0.2) is 69.3 Å². The molecule has 35 heavy (non-hydrogen) atoms. The maximum Gasteiger partial charge on any atom is 0.332 e. The highest BCUT2D eigenvalue weighted by Gasteiger charge is 2.52. The quantitative estimate of drug-likeness (QED) is 0.656. The van der Waals surface area contributed by atoms with Crippen molar-refractivity contribution in [3.05, 3.63) is 41.7 Å². The van der Waals surface area contributed by atoms with E-state index >= 15 is 0 Å². The lowest BCUT2D eigenvalue weighted by Crippen LogP contribution is -2.46. The van der Waals surface area contributed by atoms with E-state index in [0.29, 0.717) is 24.5 Å². The Morgan fingerprint density at radius 2 is 1.86 bits per heavy atom. The Morgan fingerprint density at radius 3 is 2.51 bits per heavy atom. The van der Waals surface area contributed by atoms with Gasteiger partial charge in [0.15, 0.2) is 0 Å². The van der Waals surface area contributed by atoms with Crippen LogP contribution in [0.2, 0.25) is 0 Å². The lowest BCUT2D eigenvalue weighted by molar-refractivity contribution is -0.123. The third-order valence-electron chi connectivity index (χ3n) is 7.30. The molecule has 0 aliphatic carbocycles. The van der Waals surface area contributed by atoms with Crippen molar-refractivity contribution in [2.45, 2.75) is 51.6 Å². The molecule has 3 aliphatic heterocycles. The minimum atomic E-state index is -1.08. The molecule has 4 amide bonds. The van der Waals surface area contributed by atoms with E-state index in [4.69, 9.17) is 5.73 Å². The maximum atomic E-state index is 13.5. The van der Waals surface area contributed by atoms with E-state index in [2.05, 4.69) is 28.7 Å². The van der Waals surface area contributed by atoms with Crippen molar-refractivity contribution >= 4 is 35.2 Å². The molecule has 0 bridgehead atoms. The molecule has 0 saturated carbocycles. The minimum Gasteiger partial charge on any atom is -0.368 e. The van der Waals surface area contributed by atoms with Crippen LogP contribution in [0.1, 0.15) is 45.4 Å². The molecule has 4 heterocycles. The number of nitrogen functional groups attached to an aromatic ring is 1. The number of anilines is 3. The number of likely N-dealkylation sites (tertiary alicyclic amines) is 1. The summed E-state index contributed by atoms with van der Waals surface area (Å²) in [5.41, 5.74) is 7.19. The number of benzene rings is 1. The van der Waals surface area contributed by atoms with Gasteiger partial charge in [0.05, 0.1) is 24.5 Å². The summed E-state index contributed by atoms with van der Waals surface area (Å²) in [5, 5.41) is 0. The Bertz CT molecular complexity index is 1220. The van der Waals surface area contributed by atoms with Gasteiger partial charge in [0.1, 0.15) is 5.54 Å². The Hall–Kier alpha value is -3.53. The zero-order chi connectivity index (χ0) is 25.1. The van der Waals surface area contributed by atoms with Gasteiger partial charge < -0.3 is 15.5 Å². The molecule has 2 N–H and O–H groups in total. The first-order valence-electron chi connectivity index (χ1n) is 11.9. The molecule has 1 aromatic carbocycles. The molecule has 10 heteroatoms. The molecule has 2 fully saturated rings. The molecule has 10 nitrogen and oxygen atoms in total. The van der Waals surface area contributed by atoms with Gasteiger partial charge in [0.2, 0.25) is 11.9 Å². The third kappa shape index (κ3) is 3.81. The Labute approximate surface area is 204 Å². The SMILES string of the molecule is CC1(C)CN(C(=O)CN2CCC2)c2cc(N3C(=O)N(Cc4ccnc(N)n4)C(C)(C)C3=O)ccc21. The average molecular weight is 478 g/mol. The predicted octanol–water partition coefficient (Wildman–Crippen LogP) is 2.14. The summed E-state index contributed by atoms with van der Waals surface area (Å²) in [4.78, 5) is 54.8. The molecule has 3 aliphatic rings. The number of carbonyl (C=O) groups is 3. The Morgan fingerprint density at radius 1 is 1.11 bits per heavy atom. The van der Waals surface area contributed by atoms with E-state index in [1.165, 1.54) is 16.0 Å². The van der Waals surface area contributed by atoms with Crippen molar-refractivity contribution < 1.29 is 14.4 Å². The summed E-state index contributed by atoms with van der Waals surface area (Å²) in [6.07, 6.45) is 2.64. The van der Waals surface area contributed by atoms with E-state index in [1.54, 1.807) is 36.9 Å². The van der Waals surface area contributed by atoms with Gasteiger partial charge >= 0.3 is 6.03 Å². The van der Waals surface area contributed by atoms with Crippen LogP contribution in [0.4, 0.5) is 22.1 Å². The maximum absolute atomic E-state index is 13.5. The van der Waals surface area contributed by atoms with Gasteiger partial charge in [0, 0.05) is 23.8 Å². The molecule has 5 rings (SSSR count). The number of rotatable bonds is 5. The molecular weight excluding hydrogens is 446 g/mol. The number of nitrogens with two attached hydrogens (primary N) is 1. The van der Waals surface area contributed by atoms with Crippen LogP contribution in [0.15, 0.2) is 30.5 Å². The van der Waals surface area contributed by atoms with Gasteiger partial charge in [-0.15, -0.1) is 0 Å². The molecule has 0 atom stereocenters. The number of imide groups is 1. The first-order chi connectivity index (χ1) is 16.5. The number of hydrogen-bond donors (Lipinski definition) is 1. The van der Waals surface area contributed by atoms with Crippen molar-refractivity contribution in [1.82, 2.24) is 19.8 Å². The molecule has 0 radical (unpaired) electrons. The molecule has 0 spiro atoms. The first-order valence-corrected chi connectivity index (χ1v) is 11.9. The monoisotopic (exact) mass is 477 g/mol. The van der Waals surface area contributed by atoms with Crippen LogP contribution < -0.4 is 15.5 Å². The van der Waals surface area contributed by atoms with Gasteiger partial charge in [-0.1, -0.05) is 19.9 Å². The van der Waals surface area contributed by atoms with Crippen molar-refractivity contribution in [3.63, 3.8) is 0 Å². The minimum absolute atomic E-state index is 0.0380. The van der Waals surface area contributed by atoms with Gasteiger partial charge in [-0.2, -0.15) is 0 Å². The summed E-state index contributed by atoms with van der Waals surface area (Å²) >= 11 is 0. The largest absolute Gasteiger partial charge is 0.368 e. The summed E-state index contributed by atoms with van der Waals surface area (Å²) in [6.45, 7) is 10.6.